The van der Waals surface area contributed by atoms with Gasteiger partial charge in [-0.3, -0.25) is 0 Å². The number of thiophene rings is 1. The average molecular weight is 338 g/mol. The third-order valence-corrected chi connectivity index (χ3v) is 3.84. The number of halogens is 2. The van der Waals surface area contributed by atoms with Gasteiger partial charge < -0.3 is 5.73 Å². The van der Waals surface area contributed by atoms with Crippen LogP contribution in [0.3, 0.4) is 0 Å². The van der Waals surface area contributed by atoms with Crippen molar-refractivity contribution < 1.29 is 0 Å². The first-order valence-electron chi connectivity index (χ1n) is 3.74. The second-order valence-corrected chi connectivity index (χ2v) is 5.25. The zero-order valence-electron chi connectivity index (χ0n) is 6.94. The molecule has 0 spiro atoms. The molecule has 74 valence electrons. The van der Waals surface area contributed by atoms with Gasteiger partial charge in [-0.05, 0) is 37.9 Å². The molecule has 0 amide bonds. The van der Waals surface area contributed by atoms with Gasteiger partial charge in [-0.1, -0.05) is 0 Å². The van der Waals surface area contributed by atoms with E-state index in [4.69, 9.17) is 5.73 Å². The highest BCUT2D eigenvalue weighted by Crippen LogP contribution is 2.21. The van der Waals surface area contributed by atoms with Gasteiger partial charge >= 0.3 is 0 Å². The number of hydrogen-bond acceptors (Lipinski definition) is 4. The lowest BCUT2D eigenvalue weighted by Crippen LogP contribution is -2.01. The van der Waals surface area contributed by atoms with E-state index in [1.165, 1.54) is 4.88 Å². The van der Waals surface area contributed by atoms with Crippen molar-refractivity contribution in [3.05, 3.63) is 25.5 Å². The number of rotatable bonds is 2. The highest BCUT2D eigenvalue weighted by Gasteiger charge is 2.06. The summed E-state index contributed by atoms with van der Waals surface area (Å²) in [6, 6.07) is 2.05. The van der Waals surface area contributed by atoms with Crippen LogP contribution in [0.1, 0.15) is 4.88 Å². The maximum absolute atomic E-state index is 5.46. The fraction of sp³-hybridized carbons (Fsp3) is 0.143. The van der Waals surface area contributed by atoms with Crippen molar-refractivity contribution in [3.63, 3.8) is 0 Å². The Morgan fingerprint density at radius 1 is 1.50 bits per heavy atom. The topological polar surface area (TPSA) is 56.7 Å². The van der Waals surface area contributed by atoms with Gasteiger partial charge in [-0.25, -0.2) is 4.68 Å². The number of hydrogen-bond donors (Lipinski definition) is 1. The molecule has 0 saturated carbocycles. The van der Waals surface area contributed by atoms with Gasteiger partial charge in [0.05, 0.1) is 6.54 Å². The molecule has 2 aromatic rings. The first-order chi connectivity index (χ1) is 6.65. The van der Waals surface area contributed by atoms with Crippen LogP contribution >= 0.6 is 43.2 Å². The van der Waals surface area contributed by atoms with Gasteiger partial charge in [-0.2, -0.15) is 4.98 Å². The quantitative estimate of drug-likeness (QED) is 0.916. The molecular weight excluding hydrogens is 332 g/mol. The summed E-state index contributed by atoms with van der Waals surface area (Å²) in [5.74, 6) is 0.285. The van der Waals surface area contributed by atoms with E-state index in [1.54, 1.807) is 16.0 Å². The van der Waals surface area contributed by atoms with Crippen molar-refractivity contribution in [2.45, 2.75) is 6.54 Å². The van der Waals surface area contributed by atoms with Crippen LogP contribution in [0.15, 0.2) is 20.7 Å². The van der Waals surface area contributed by atoms with Crippen molar-refractivity contribution in [2.75, 3.05) is 5.73 Å². The monoisotopic (exact) mass is 336 g/mol. The molecule has 0 aliphatic rings. The molecule has 2 heterocycles. The van der Waals surface area contributed by atoms with Crippen LogP contribution in [-0.2, 0) is 6.54 Å². The van der Waals surface area contributed by atoms with Crippen molar-refractivity contribution >= 4 is 49.1 Å². The predicted molar refractivity (Wildman–Crippen MR) is 63.3 cm³/mol. The van der Waals surface area contributed by atoms with Gasteiger partial charge in [-0.15, -0.1) is 16.4 Å². The molecule has 0 aromatic carbocycles. The zero-order valence-corrected chi connectivity index (χ0v) is 10.9. The normalized spacial score (nSPS) is 10.7. The molecule has 2 N–H and O–H groups in total. The number of nitrogens with zero attached hydrogens (tertiary/aromatic N) is 3. The van der Waals surface area contributed by atoms with Crippen LogP contribution in [0.25, 0.3) is 0 Å². The smallest absolute Gasteiger partial charge is 0.240 e. The van der Waals surface area contributed by atoms with E-state index in [-0.39, 0.29) is 5.95 Å². The zero-order chi connectivity index (χ0) is 10.1. The standard InChI is InChI=1S/C7H6Br2N4S/c8-4-1-5(14-3-4)2-13-6(9)11-7(10)12-13/h1,3H,2H2,(H2,10,12). The van der Waals surface area contributed by atoms with Crippen LogP contribution in [-0.4, -0.2) is 14.8 Å². The summed E-state index contributed by atoms with van der Waals surface area (Å²) in [6.07, 6.45) is 0. The number of nitrogens with two attached hydrogens (primary N) is 1. The largest absolute Gasteiger partial charge is 0.366 e. The molecule has 14 heavy (non-hydrogen) atoms. The van der Waals surface area contributed by atoms with E-state index in [0.29, 0.717) is 11.3 Å². The Balaban J connectivity index is 2.22. The summed E-state index contributed by atoms with van der Waals surface area (Å²) < 4.78 is 3.45. The summed E-state index contributed by atoms with van der Waals surface area (Å²) in [7, 11) is 0. The molecule has 0 atom stereocenters. The van der Waals surface area contributed by atoms with Crippen LogP contribution in [0.4, 0.5) is 5.95 Å². The first kappa shape index (κ1) is 10.1. The van der Waals surface area contributed by atoms with Crippen molar-refractivity contribution in [2.24, 2.45) is 0 Å². The van der Waals surface area contributed by atoms with E-state index >= 15 is 0 Å². The minimum atomic E-state index is 0.285. The van der Waals surface area contributed by atoms with Crippen molar-refractivity contribution in [1.82, 2.24) is 14.8 Å². The Hall–Kier alpha value is -0.400. The van der Waals surface area contributed by atoms with Gasteiger partial charge in [0.25, 0.3) is 0 Å². The lowest BCUT2D eigenvalue weighted by Gasteiger charge is -1.97. The molecule has 7 heteroatoms. The lowest BCUT2D eigenvalue weighted by atomic mass is 10.5. The van der Waals surface area contributed by atoms with Crippen LogP contribution in [0.5, 0.6) is 0 Å². The Bertz CT molecular complexity index is 450. The summed E-state index contributed by atoms with van der Waals surface area (Å²) in [5, 5.41) is 6.07. The third kappa shape index (κ3) is 2.15. The average Bonchev–Trinajstić information content (AvgIpc) is 2.61. The third-order valence-electron chi connectivity index (χ3n) is 1.57. The molecular formula is C7H6Br2N4S. The highest BCUT2D eigenvalue weighted by molar-refractivity contribution is 9.10. The predicted octanol–water partition coefficient (Wildman–Crippen LogP) is 2.50. The molecule has 2 aromatic heterocycles. The summed E-state index contributed by atoms with van der Waals surface area (Å²) in [6.45, 7) is 0.682. The van der Waals surface area contributed by atoms with Gasteiger partial charge in [0.15, 0.2) is 4.73 Å². The maximum Gasteiger partial charge on any atom is 0.240 e. The Kier molecular flexibility index (Phi) is 2.89. The SMILES string of the molecule is Nc1nc(Br)n(Cc2cc(Br)cs2)n1. The maximum atomic E-state index is 5.46. The van der Waals surface area contributed by atoms with Gasteiger partial charge in [0, 0.05) is 14.7 Å². The molecule has 0 aliphatic heterocycles. The van der Waals surface area contributed by atoms with Crippen molar-refractivity contribution in [3.8, 4) is 0 Å². The molecule has 0 aliphatic carbocycles. The minimum absolute atomic E-state index is 0.285. The van der Waals surface area contributed by atoms with Gasteiger partial charge in [0.1, 0.15) is 0 Å². The van der Waals surface area contributed by atoms with E-state index < -0.39 is 0 Å². The molecule has 0 radical (unpaired) electrons. The van der Waals surface area contributed by atoms with Crippen LogP contribution in [0, 0.1) is 0 Å². The molecule has 0 saturated heterocycles. The van der Waals surface area contributed by atoms with E-state index in [9.17, 15) is 0 Å². The second-order valence-electron chi connectivity index (χ2n) is 2.63. The number of nitrogen functional groups attached to an aromatic ring is 1. The van der Waals surface area contributed by atoms with Gasteiger partial charge in [0.2, 0.25) is 5.95 Å². The number of aromatic nitrogens is 3. The Labute approximate surface area is 101 Å². The molecule has 0 unspecified atom stereocenters. The van der Waals surface area contributed by atoms with Crippen LogP contribution in [0.2, 0.25) is 0 Å². The van der Waals surface area contributed by atoms with E-state index in [2.05, 4.69) is 48.0 Å². The van der Waals surface area contributed by atoms with E-state index in [0.717, 1.165) is 4.47 Å². The first-order valence-corrected chi connectivity index (χ1v) is 6.20. The molecule has 2 rings (SSSR count). The lowest BCUT2D eigenvalue weighted by molar-refractivity contribution is 0.677. The molecule has 4 nitrogen and oxygen atoms in total. The highest BCUT2D eigenvalue weighted by atomic mass is 79.9. The Morgan fingerprint density at radius 3 is 2.79 bits per heavy atom. The molecule has 0 fully saturated rings. The fourth-order valence-electron chi connectivity index (χ4n) is 1.02. The van der Waals surface area contributed by atoms with Crippen molar-refractivity contribution in [1.29, 1.82) is 0 Å². The second kappa shape index (κ2) is 4.00. The Morgan fingerprint density at radius 2 is 2.29 bits per heavy atom. The van der Waals surface area contributed by atoms with E-state index in [1.807, 2.05) is 5.38 Å². The minimum Gasteiger partial charge on any atom is -0.366 e. The fourth-order valence-corrected chi connectivity index (χ4v) is 2.84. The summed E-state index contributed by atoms with van der Waals surface area (Å²) in [4.78, 5) is 5.15. The summed E-state index contributed by atoms with van der Waals surface area (Å²) in [5.41, 5.74) is 5.46. The van der Waals surface area contributed by atoms with Crippen LogP contribution < -0.4 is 5.73 Å². The molecule has 0 bridgehead atoms. The summed E-state index contributed by atoms with van der Waals surface area (Å²) >= 11 is 8.35. The number of anilines is 1.